The number of hydrogen-bond donors (Lipinski definition) is 1. The Morgan fingerprint density at radius 2 is 2.30 bits per heavy atom. The molecule has 3 rings (SSSR count). The second-order valence-corrected chi connectivity index (χ2v) is 5.38. The van der Waals surface area contributed by atoms with E-state index < -0.39 is 0 Å². The Morgan fingerprint density at radius 3 is 3.00 bits per heavy atom. The van der Waals surface area contributed by atoms with Crippen molar-refractivity contribution in [2.75, 3.05) is 18.1 Å². The van der Waals surface area contributed by atoms with Crippen molar-refractivity contribution in [2.24, 2.45) is 5.73 Å². The Morgan fingerprint density at radius 1 is 1.45 bits per heavy atom. The normalized spacial score (nSPS) is 14.1. The van der Waals surface area contributed by atoms with E-state index in [0.717, 1.165) is 27.0 Å². The third kappa shape index (κ3) is 2.14. The molecule has 0 radical (unpaired) electrons. The van der Waals surface area contributed by atoms with Gasteiger partial charge in [0.15, 0.2) is 6.61 Å². The highest BCUT2D eigenvalue weighted by molar-refractivity contribution is 7.14. The van der Waals surface area contributed by atoms with Crippen LogP contribution >= 0.6 is 11.3 Å². The van der Waals surface area contributed by atoms with Gasteiger partial charge in [0.1, 0.15) is 15.8 Å². The lowest BCUT2D eigenvalue weighted by Crippen LogP contribution is -2.38. The number of carbonyl (C=O) groups is 1. The fourth-order valence-corrected chi connectivity index (χ4v) is 2.85. The molecule has 104 valence electrons. The molecule has 1 aliphatic rings. The maximum atomic E-state index is 11.8. The van der Waals surface area contributed by atoms with E-state index in [1.807, 2.05) is 25.1 Å². The molecule has 1 aromatic heterocycles. The van der Waals surface area contributed by atoms with E-state index >= 15 is 0 Å². The van der Waals surface area contributed by atoms with E-state index in [9.17, 15) is 4.79 Å². The third-order valence-corrected chi connectivity index (χ3v) is 4.10. The van der Waals surface area contributed by atoms with Gasteiger partial charge in [0, 0.05) is 18.7 Å². The SMILES string of the molecule is CCN1C(=O)COc2ccc(-c3nnc(CN)s3)cc21. The molecule has 1 aliphatic heterocycles. The van der Waals surface area contributed by atoms with Gasteiger partial charge in [-0.05, 0) is 25.1 Å². The Kier molecular flexibility index (Phi) is 3.37. The average Bonchev–Trinajstić information content (AvgIpc) is 2.95. The van der Waals surface area contributed by atoms with Crippen LogP contribution in [0, 0.1) is 0 Å². The summed E-state index contributed by atoms with van der Waals surface area (Å²) in [7, 11) is 0. The first-order valence-electron chi connectivity index (χ1n) is 6.33. The van der Waals surface area contributed by atoms with Crippen molar-refractivity contribution in [1.82, 2.24) is 10.2 Å². The van der Waals surface area contributed by atoms with Gasteiger partial charge in [0.2, 0.25) is 0 Å². The molecule has 0 unspecified atom stereocenters. The van der Waals surface area contributed by atoms with Crippen molar-refractivity contribution in [3.63, 3.8) is 0 Å². The molecule has 0 atom stereocenters. The molecular formula is C13H14N4O2S. The van der Waals surface area contributed by atoms with Gasteiger partial charge in [-0.25, -0.2) is 0 Å². The first-order chi connectivity index (χ1) is 9.72. The minimum Gasteiger partial charge on any atom is -0.482 e. The number of likely N-dealkylation sites (N-methyl/N-ethyl adjacent to an activating group) is 1. The molecular weight excluding hydrogens is 276 g/mol. The highest BCUT2D eigenvalue weighted by Crippen LogP contribution is 2.36. The first-order valence-corrected chi connectivity index (χ1v) is 7.14. The molecule has 0 bridgehead atoms. The van der Waals surface area contributed by atoms with Crippen molar-refractivity contribution in [3.8, 4) is 16.3 Å². The van der Waals surface area contributed by atoms with Crippen LogP contribution in [0.2, 0.25) is 0 Å². The van der Waals surface area contributed by atoms with Crippen LogP contribution in [0.3, 0.4) is 0 Å². The van der Waals surface area contributed by atoms with Crippen molar-refractivity contribution in [1.29, 1.82) is 0 Å². The molecule has 1 amide bonds. The lowest BCUT2D eigenvalue weighted by Gasteiger charge is -2.28. The van der Waals surface area contributed by atoms with Gasteiger partial charge >= 0.3 is 0 Å². The van der Waals surface area contributed by atoms with E-state index in [1.165, 1.54) is 11.3 Å². The molecule has 0 spiro atoms. The number of anilines is 1. The number of nitrogens with zero attached hydrogens (tertiary/aromatic N) is 3. The molecule has 2 heterocycles. The third-order valence-electron chi connectivity index (χ3n) is 3.11. The molecule has 0 saturated carbocycles. The average molecular weight is 290 g/mol. The van der Waals surface area contributed by atoms with Crippen LogP contribution < -0.4 is 15.4 Å². The van der Waals surface area contributed by atoms with Crippen LogP contribution in [0.4, 0.5) is 5.69 Å². The number of hydrogen-bond acceptors (Lipinski definition) is 6. The fraction of sp³-hybridized carbons (Fsp3) is 0.308. The smallest absolute Gasteiger partial charge is 0.265 e. The van der Waals surface area contributed by atoms with E-state index in [2.05, 4.69) is 10.2 Å². The molecule has 0 saturated heterocycles. The zero-order valence-electron chi connectivity index (χ0n) is 11.0. The predicted octanol–water partition coefficient (Wildman–Crippen LogP) is 1.41. The Hall–Kier alpha value is -1.99. The summed E-state index contributed by atoms with van der Waals surface area (Å²) < 4.78 is 5.44. The van der Waals surface area contributed by atoms with Gasteiger partial charge in [-0.2, -0.15) is 0 Å². The molecule has 6 nitrogen and oxygen atoms in total. The minimum atomic E-state index is -0.0305. The van der Waals surface area contributed by atoms with Crippen molar-refractivity contribution in [3.05, 3.63) is 23.2 Å². The van der Waals surface area contributed by atoms with Crippen molar-refractivity contribution < 1.29 is 9.53 Å². The van der Waals surface area contributed by atoms with Crippen LogP contribution in [0.25, 0.3) is 10.6 Å². The largest absolute Gasteiger partial charge is 0.482 e. The molecule has 2 aromatic rings. The second kappa shape index (κ2) is 5.18. The summed E-state index contributed by atoms with van der Waals surface area (Å²) in [5.41, 5.74) is 7.25. The zero-order chi connectivity index (χ0) is 14.1. The molecule has 7 heteroatoms. The summed E-state index contributed by atoms with van der Waals surface area (Å²) in [6, 6.07) is 5.70. The van der Waals surface area contributed by atoms with E-state index in [0.29, 0.717) is 13.1 Å². The summed E-state index contributed by atoms with van der Waals surface area (Å²) in [5.74, 6) is 0.691. The lowest BCUT2D eigenvalue weighted by atomic mass is 10.1. The maximum absolute atomic E-state index is 11.8. The second-order valence-electron chi connectivity index (χ2n) is 4.31. The van der Waals surface area contributed by atoms with Crippen LogP contribution in [0.15, 0.2) is 18.2 Å². The first kappa shape index (κ1) is 13.0. The van der Waals surface area contributed by atoms with Crippen LogP contribution in [-0.2, 0) is 11.3 Å². The van der Waals surface area contributed by atoms with Gasteiger partial charge in [-0.3, -0.25) is 4.79 Å². The van der Waals surface area contributed by atoms with E-state index in [4.69, 9.17) is 10.5 Å². The summed E-state index contributed by atoms with van der Waals surface area (Å²) in [5, 5.41) is 9.71. The zero-order valence-corrected chi connectivity index (χ0v) is 11.8. The van der Waals surface area contributed by atoms with Gasteiger partial charge in [-0.15, -0.1) is 10.2 Å². The van der Waals surface area contributed by atoms with Gasteiger partial charge in [0.05, 0.1) is 5.69 Å². The monoisotopic (exact) mass is 290 g/mol. The van der Waals surface area contributed by atoms with Gasteiger partial charge in [0.25, 0.3) is 5.91 Å². The number of fused-ring (bicyclic) bond motifs is 1. The van der Waals surface area contributed by atoms with Crippen LogP contribution in [0.5, 0.6) is 5.75 Å². The van der Waals surface area contributed by atoms with Gasteiger partial charge in [-0.1, -0.05) is 11.3 Å². The number of benzene rings is 1. The number of ether oxygens (including phenoxy) is 1. The standard InChI is InChI=1S/C13H14N4O2S/c1-2-17-9-5-8(13-16-15-11(6-14)20-13)3-4-10(9)19-7-12(17)18/h3-5H,2,6-7,14H2,1H3. The highest BCUT2D eigenvalue weighted by atomic mass is 32.1. The predicted molar refractivity (Wildman–Crippen MR) is 76.8 cm³/mol. The number of aromatic nitrogens is 2. The summed E-state index contributed by atoms with van der Waals surface area (Å²) >= 11 is 1.45. The van der Waals surface area contributed by atoms with Crippen molar-refractivity contribution in [2.45, 2.75) is 13.5 Å². The van der Waals surface area contributed by atoms with E-state index in [1.54, 1.807) is 4.90 Å². The molecule has 20 heavy (non-hydrogen) atoms. The van der Waals surface area contributed by atoms with Crippen molar-refractivity contribution >= 4 is 22.9 Å². The highest BCUT2D eigenvalue weighted by Gasteiger charge is 2.24. The van der Waals surface area contributed by atoms with Crippen LogP contribution in [0.1, 0.15) is 11.9 Å². The summed E-state index contributed by atoms with van der Waals surface area (Å²) in [4.78, 5) is 13.6. The quantitative estimate of drug-likeness (QED) is 0.924. The number of rotatable bonds is 3. The molecule has 2 N–H and O–H groups in total. The minimum absolute atomic E-state index is 0.0305. The van der Waals surface area contributed by atoms with E-state index in [-0.39, 0.29) is 12.5 Å². The van der Waals surface area contributed by atoms with Gasteiger partial charge < -0.3 is 15.4 Å². The van der Waals surface area contributed by atoms with Crippen LogP contribution in [-0.4, -0.2) is 29.3 Å². The fourth-order valence-electron chi connectivity index (χ4n) is 2.13. The Balaban J connectivity index is 2.03. The number of amides is 1. The summed E-state index contributed by atoms with van der Waals surface area (Å²) in [6.45, 7) is 3.03. The molecule has 0 aliphatic carbocycles. The summed E-state index contributed by atoms with van der Waals surface area (Å²) in [6.07, 6.45) is 0. The topological polar surface area (TPSA) is 81.3 Å². The Bertz CT molecular complexity index is 656. The molecule has 1 aromatic carbocycles. The molecule has 0 fully saturated rings. The lowest BCUT2D eigenvalue weighted by molar-refractivity contribution is -0.121. The maximum Gasteiger partial charge on any atom is 0.265 e. The number of carbonyl (C=O) groups excluding carboxylic acids is 1. The Labute approximate surface area is 120 Å². The number of nitrogens with two attached hydrogens (primary N) is 1.